The Bertz CT molecular complexity index is 336. The van der Waals surface area contributed by atoms with Gasteiger partial charge >= 0.3 is 18.2 Å². The first-order chi connectivity index (χ1) is 7.44. The number of hydrogen-bond acceptors (Lipinski definition) is 6. The van der Waals surface area contributed by atoms with Crippen LogP contribution in [-0.2, 0) is 0 Å². The van der Waals surface area contributed by atoms with Gasteiger partial charge in [0, 0.05) is 0 Å². The maximum Gasteiger partial charge on any atom is 0.405 e. The van der Waals surface area contributed by atoms with Gasteiger partial charge in [0.2, 0.25) is 5.95 Å². The molecule has 0 spiro atoms. The molecule has 9 heteroatoms. The maximum atomic E-state index is 11.9. The second-order valence-corrected chi connectivity index (χ2v) is 2.60. The molecule has 1 heterocycles. The zero-order chi connectivity index (χ0) is 12.2. The van der Waals surface area contributed by atoms with Crippen molar-refractivity contribution in [1.82, 2.24) is 15.0 Å². The molecule has 0 saturated carbocycles. The topological polar surface area (TPSA) is 69.2 Å². The summed E-state index contributed by atoms with van der Waals surface area (Å²) < 4.78 is 45.1. The van der Waals surface area contributed by atoms with E-state index in [1.807, 2.05) is 5.32 Å². The van der Waals surface area contributed by atoms with Gasteiger partial charge < -0.3 is 14.8 Å². The molecular formula is C7H9F3N4O2. The molecule has 0 aromatic carbocycles. The van der Waals surface area contributed by atoms with Crippen LogP contribution in [0.25, 0.3) is 0 Å². The highest BCUT2D eigenvalue weighted by molar-refractivity contribution is 5.27. The Balaban J connectivity index is 2.79. The summed E-state index contributed by atoms with van der Waals surface area (Å²) >= 11 is 0. The molecular weight excluding hydrogens is 229 g/mol. The Morgan fingerprint density at radius 2 is 1.56 bits per heavy atom. The van der Waals surface area contributed by atoms with Crippen molar-refractivity contribution in [2.24, 2.45) is 0 Å². The number of nitrogens with zero attached hydrogens (tertiary/aromatic N) is 3. The predicted molar refractivity (Wildman–Crippen MR) is 47.5 cm³/mol. The van der Waals surface area contributed by atoms with Gasteiger partial charge in [-0.15, -0.1) is 4.98 Å². The van der Waals surface area contributed by atoms with Gasteiger partial charge in [-0.1, -0.05) is 0 Å². The molecule has 0 aliphatic heterocycles. The summed E-state index contributed by atoms with van der Waals surface area (Å²) in [5.41, 5.74) is 0. The minimum absolute atomic E-state index is 0.128. The fraction of sp³-hybridized carbons (Fsp3) is 0.571. The molecule has 0 unspecified atom stereocenters. The van der Waals surface area contributed by atoms with E-state index >= 15 is 0 Å². The molecule has 0 bridgehead atoms. The molecule has 0 amide bonds. The number of anilines is 1. The van der Waals surface area contributed by atoms with Crippen LogP contribution in [0.5, 0.6) is 12.0 Å². The highest BCUT2D eigenvalue weighted by Gasteiger charge is 2.27. The van der Waals surface area contributed by atoms with E-state index in [9.17, 15) is 13.2 Å². The van der Waals surface area contributed by atoms with Crippen LogP contribution in [0.3, 0.4) is 0 Å². The first-order valence-corrected chi connectivity index (χ1v) is 4.09. The van der Waals surface area contributed by atoms with Gasteiger partial charge in [-0.05, 0) is 0 Å². The predicted octanol–water partition coefficient (Wildman–Crippen LogP) is 0.863. The van der Waals surface area contributed by atoms with Gasteiger partial charge in [0.25, 0.3) is 0 Å². The van der Waals surface area contributed by atoms with Crippen molar-refractivity contribution in [2.45, 2.75) is 6.18 Å². The zero-order valence-corrected chi connectivity index (χ0v) is 8.50. The largest absolute Gasteiger partial charge is 0.467 e. The van der Waals surface area contributed by atoms with Gasteiger partial charge in [-0.25, -0.2) is 0 Å². The summed E-state index contributed by atoms with van der Waals surface area (Å²) in [5.74, 6) is -0.263. The Labute approximate surface area is 88.8 Å². The van der Waals surface area contributed by atoms with Crippen LogP contribution in [0.1, 0.15) is 0 Å². The van der Waals surface area contributed by atoms with E-state index in [1.54, 1.807) is 0 Å². The molecule has 0 saturated heterocycles. The SMILES string of the molecule is COc1nc(NCC(F)(F)F)nc(OC)n1. The average Bonchev–Trinajstić information content (AvgIpc) is 2.25. The number of hydrogen-bond donors (Lipinski definition) is 1. The summed E-state index contributed by atoms with van der Waals surface area (Å²) in [6, 6.07) is -0.256. The minimum Gasteiger partial charge on any atom is -0.467 e. The Hall–Kier alpha value is -1.80. The molecule has 16 heavy (non-hydrogen) atoms. The molecule has 0 fully saturated rings. The highest BCUT2D eigenvalue weighted by Crippen LogP contribution is 2.16. The third-order valence-corrected chi connectivity index (χ3v) is 1.41. The van der Waals surface area contributed by atoms with Crippen LogP contribution in [0, 0.1) is 0 Å². The van der Waals surface area contributed by atoms with E-state index in [1.165, 1.54) is 14.2 Å². The summed E-state index contributed by atoms with van der Waals surface area (Å²) in [4.78, 5) is 10.8. The summed E-state index contributed by atoms with van der Waals surface area (Å²) in [6.45, 7) is -1.25. The van der Waals surface area contributed by atoms with Crippen molar-refractivity contribution in [3.63, 3.8) is 0 Å². The van der Waals surface area contributed by atoms with Crippen molar-refractivity contribution in [3.05, 3.63) is 0 Å². The molecule has 90 valence electrons. The molecule has 1 aromatic rings. The van der Waals surface area contributed by atoms with Crippen molar-refractivity contribution >= 4 is 5.95 Å². The first kappa shape index (κ1) is 12.3. The molecule has 1 rings (SSSR count). The van der Waals surface area contributed by atoms with Gasteiger partial charge in [-0.2, -0.15) is 23.1 Å². The van der Waals surface area contributed by atoms with E-state index in [4.69, 9.17) is 0 Å². The van der Waals surface area contributed by atoms with Crippen LogP contribution in [0.4, 0.5) is 19.1 Å². The lowest BCUT2D eigenvalue weighted by atomic mass is 10.6. The highest BCUT2D eigenvalue weighted by atomic mass is 19.4. The van der Waals surface area contributed by atoms with E-state index in [2.05, 4.69) is 24.4 Å². The molecule has 0 aliphatic carbocycles. The number of nitrogens with one attached hydrogen (secondary N) is 1. The van der Waals surface area contributed by atoms with Crippen LogP contribution in [0.15, 0.2) is 0 Å². The molecule has 0 atom stereocenters. The summed E-state index contributed by atoms with van der Waals surface area (Å²) in [5, 5.41) is 1.99. The van der Waals surface area contributed by atoms with Crippen LogP contribution >= 0.6 is 0 Å². The average molecular weight is 238 g/mol. The van der Waals surface area contributed by atoms with Gasteiger partial charge in [0.1, 0.15) is 6.54 Å². The summed E-state index contributed by atoms with van der Waals surface area (Å²) in [7, 11) is 2.56. The normalized spacial score (nSPS) is 11.1. The second kappa shape index (κ2) is 4.81. The van der Waals surface area contributed by atoms with Gasteiger partial charge in [0.05, 0.1) is 14.2 Å². The number of aromatic nitrogens is 3. The first-order valence-electron chi connectivity index (χ1n) is 4.09. The summed E-state index contributed by atoms with van der Waals surface area (Å²) in [6.07, 6.45) is -4.35. The number of halogens is 3. The monoisotopic (exact) mass is 238 g/mol. The fourth-order valence-corrected chi connectivity index (χ4v) is 0.779. The molecule has 6 nitrogen and oxygen atoms in total. The van der Waals surface area contributed by atoms with Crippen molar-refractivity contribution in [3.8, 4) is 12.0 Å². The number of alkyl halides is 3. The second-order valence-electron chi connectivity index (χ2n) is 2.60. The lowest BCUT2D eigenvalue weighted by Crippen LogP contribution is -2.22. The molecule has 1 N–H and O–H groups in total. The minimum atomic E-state index is -4.35. The van der Waals surface area contributed by atoms with Crippen LogP contribution in [-0.4, -0.2) is 41.9 Å². The Morgan fingerprint density at radius 3 is 1.94 bits per heavy atom. The van der Waals surface area contributed by atoms with Gasteiger partial charge in [0.15, 0.2) is 0 Å². The van der Waals surface area contributed by atoms with E-state index in [0.29, 0.717) is 0 Å². The molecule has 0 aliphatic rings. The van der Waals surface area contributed by atoms with Crippen LogP contribution < -0.4 is 14.8 Å². The third-order valence-electron chi connectivity index (χ3n) is 1.41. The standard InChI is InChI=1S/C7H9F3N4O2/c1-15-5-12-4(11-3-7(8,9)10)13-6(14-5)16-2/h3H2,1-2H3,(H,11,12,13,14). The van der Waals surface area contributed by atoms with Crippen molar-refractivity contribution in [1.29, 1.82) is 0 Å². The van der Waals surface area contributed by atoms with Gasteiger partial charge in [-0.3, -0.25) is 0 Å². The third kappa shape index (κ3) is 3.75. The van der Waals surface area contributed by atoms with Crippen LogP contribution in [0.2, 0.25) is 0 Å². The molecule has 0 radical (unpaired) electrons. The van der Waals surface area contributed by atoms with E-state index in [0.717, 1.165) is 0 Å². The fourth-order valence-electron chi connectivity index (χ4n) is 0.779. The number of methoxy groups -OCH3 is 2. The van der Waals surface area contributed by atoms with E-state index < -0.39 is 12.7 Å². The van der Waals surface area contributed by atoms with Crippen molar-refractivity contribution < 1.29 is 22.6 Å². The van der Waals surface area contributed by atoms with E-state index in [-0.39, 0.29) is 18.0 Å². The zero-order valence-electron chi connectivity index (χ0n) is 8.50. The maximum absolute atomic E-state index is 11.9. The number of rotatable bonds is 4. The Morgan fingerprint density at radius 1 is 1.06 bits per heavy atom. The smallest absolute Gasteiger partial charge is 0.405 e. The lowest BCUT2D eigenvalue weighted by Gasteiger charge is -2.09. The number of ether oxygens (including phenoxy) is 2. The lowest BCUT2D eigenvalue weighted by molar-refractivity contribution is -0.115. The molecule has 1 aromatic heterocycles. The Kier molecular flexibility index (Phi) is 3.69. The van der Waals surface area contributed by atoms with Crippen molar-refractivity contribution in [2.75, 3.05) is 26.1 Å². The quantitative estimate of drug-likeness (QED) is 0.839.